The van der Waals surface area contributed by atoms with E-state index < -0.39 is 0 Å². The van der Waals surface area contributed by atoms with E-state index in [0.717, 1.165) is 18.8 Å². The molecule has 0 bridgehead atoms. The average molecular weight is 297 g/mol. The molecule has 2 heterocycles. The van der Waals surface area contributed by atoms with Gasteiger partial charge in [0.1, 0.15) is 0 Å². The topological polar surface area (TPSA) is 28.2 Å². The molecule has 2 rings (SSSR count). The fourth-order valence-electron chi connectivity index (χ4n) is 2.20. The number of nitrogens with zero attached hydrogens (tertiary/aromatic N) is 2. The summed E-state index contributed by atoms with van der Waals surface area (Å²) in [6, 6.07) is 1.76. The van der Waals surface area contributed by atoms with Gasteiger partial charge in [0.25, 0.3) is 0 Å². The van der Waals surface area contributed by atoms with Crippen molar-refractivity contribution in [1.82, 2.24) is 10.3 Å². The van der Waals surface area contributed by atoms with E-state index in [2.05, 4.69) is 42.9 Å². The number of hydrogen-bond donors (Lipinski definition) is 1. The lowest BCUT2D eigenvalue weighted by Gasteiger charge is -2.32. The minimum absolute atomic E-state index is 0.0217. The normalized spacial score (nSPS) is 20.2. The van der Waals surface area contributed by atoms with Crippen LogP contribution in [-0.4, -0.2) is 34.6 Å². The average Bonchev–Trinajstić information content (AvgIpc) is 2.36. The van der Waals surface area contributed by atoms with E-state index in [1.807, 2.05) is 11.8 Å². The smallest absolute Gasteiger partial charge is 0.170 e. The Bertz CT molecular complexity index is 459. The summed E-state index contributed by atoms with van der Waals surface area (Å²) in [5, 5.41) is 3.86. The lowest BCUT2D eigenvalue weighted by atomic mass is 10.1. The van der Waals surface area contributed by atoms with E-state index in [9.17, 15) is 4.39 Å². The molecule has 20 heavy (non-hydrogen) atoms. The second kappa shape index (κ2) is 6.31. The van der Waals surface area contributed by atoms with E-state index in [1.165, 1.54) is 0 Å². The zero-order chi connectivity index (χ0) is 14.8. The molecule has 1 aromatic heterocycles. The third kappa shape index (κ3) is 4.09. The van der Waals surface area contributed by atoms with Crippen LogP contribution < -0.4 is 10.2 Å². The van der Waals surface area contributed by atoms with Crippen molar-refractivity contribution in [2.75, 3.05) is 23.7 Å². The summed E-state index contributed by atoms with van der Waals surface area (Å²) in [5.74, 6) is 1.36. The summed E-state index contributed by atoms with van der Waals surface area (Å²) in [4.78, 5) is 6.32. The van der Waals surface area contributed by atoms with E-state index >= 15 is 0 Å². The van der Waals surface area contributed by atoms with Crippen molar-refractivity contribution in [2.45, 2.75) is 45.0 Å². The van der Waals surface area contributed by atoms with Gasteiger partial charge in [-0.15, -0.1) is 0 Å². The number of hydrogen-bond acceptors (Lipinski definition) is 4. The molecular formula is C15H24FN3S. The molecule has 1 saturated heterocycles. The molecule has 0 amide bonds. The van der Waals surface area contributed by atoms with Crippen LogP contribution in [-0.2, 0) is 6.54 Å². The van der Waals surface area contributed by atoms with Gasteiger partial charge in [-0.25, -0.2) is 9.37 Å². The number of aromatic nitrogens is 1. The van der Waals surface area contributed by atoms with Gasteiger partial charge in [-0.2, -0.15) is 11.8 Å². The van der Waals surface area contributed by atoms with Crippen LogP contribution in [0, 0.1) is 5.82 Å². The van der Waals surface area contributed by atoms with E-state index in [4.69, 9.17) is 0 Å². The third-order valence-corrected chi connectivity index (χ3v) is 4.44. The highest BCUT2D eigenvalue weighted by Gasteiger charge is 2.22. The molecule has 1 unspecified atom stereocenters. The van der Waals surface area contributed by atoms with E-state index in [-0.39, 0.29) is 11.4 Å². The second-order valence-corrected chi connectivity index (χ2v) is 7.88. The summed E-state index contributed by atoms with van der Waals surface area (Å²) in [6.07, 6.45) is 1.71. The van der Waals surface area contributed by atoms with Gasteiger partial charge in [-0.05, 0) is 26.8 Å². The molecule has 1 atom stereocenters. The van der Waals surface area contributed by atoms with Crippen LogP contribution in [0.4, 0.5) is 10.2 Å². The summed E-state index contributed by atoms with van der Waals surface area (Å²) in [7, 11) is 0. The maximum absolute atomic E-state index is 14.6. The van der Waals surface area contributed by atoms with Crippen molar-refractivity contribution < 1.29 is 4.39 Å². The molecule has 0 radical (unpaired) electrons. The first kappa shape index (κ1) is 15.6. The van der Waals surface area contributed by atoms with Crippen LogP contribution in [0.2, 0.25) is 0 Å². The zero-order valence-corrected chi connectivity index (χ0v) is 13.6. The quantitative estimate of drug-likeness (QED) is 0.928. The fraction of sp³-hybridized carbons (Fsp3) is 0.667. The fourth-order valence-corrected chi connectivity index (χ4v) is 3.21. The monoisotopic (exact) mass is 297 g/mol. The predicted octanol–water partition coefficient (Wildman–Crippen LogP) is 3.05. The van der Waals surface area contributed by atoms with Crippen LogP contribution in [0.25, 0.3) is 0 Å². The lowest BCUT2D eigenvalue weighted by molar-refractivity contribution is 0.418. The molecule has 1 N–H and O–H groups in total. The summed E-state index contributed by atoms with van der Waals surface area (Å²) in [6.45, 7) is 10.7. The van der Waals surface area contributed by atoms with Crippen LogP contribution in [0.15, 0.2) is 12.3 Å². The van der Waals surface area contributed by atoms with Crippen molar-refractivity contribution in [3.63, 3.8) is 0 Å². The molecule has 1 aliphatic rings. The number of pyridine rings is 1. The Labute approximate surface area is 125 Å². The Morgan fingerprint density at radius 2 is 2.25 bits per heavy atom. The van der Waals surface area contributed by atoms with Crippen LogP contribution in [0.5, 0.6) is 0 Å². The molecular weight excluding hydrogens is 273 g/mol. The lowest BCUT2D eigenvalue weighted by Crippen LogP contribution is -2.38. The largest absolute Gasteiger partial charge is 0.352 e. The minimum atomic E-state index is -0.177. The first-order chi connectivity index (χ1) is 9.37. The van der Waals surface area contributed by atoms with Gasteiger partial charge in [0.05, 0.1) is 0 Å². The zero-order valence-electron chi connectivity index (χ0n) is 12.7. The van der Waals surface area contributed by atoms with Crippen molar-refractivity contribution in [3.05, 3.63) is 23.6 Å². The first-order valence-electron chi connectivity index (χ1n) is 7.12. The highest BCUT2D eigenvalue weighted by Crippen LogP contribution is 2.25. The van der Waals surface area contributed by atoms with Crippen LogP contribution in [0.1, 0.15) is 33.3 Å². The Hall–Kier alpha value is -0.810. The highest BCUT2D eigenvalue weighted by atomic mass is 32.2. The maximum Gasteiger partial charge on any atom is 0.170 e. The molecule has 1 aromatic rings. The Morgan fingerprint density at radius 3 is 2.90 bits per heavy atom. The van der Waals surface area contributed by atoms with Crippen molar-refractivity contribution in [3.8, 4) is 0 Å². The van der Waals surface area contributed by atoms with Gasteiger partial charge in [0.15, 0.2) is 11.6 Å². The number of anilines is 1. The Morgan fingerprint density at radius 1 is 1.50 bits per heavy atom. The SMILES string of the molecule is CC1CN(c2nccc(CNC(C)(C)C)c2F)CCS1. The number of rotatable bonds is 3. The highest BCUT2D eigenvalue weighted by molar-refractivity contribution is 8.00. The van der Waals surface area contributed by atoms with Gasteiger partial charge < -0.3 is 10.2 Å². The van der Waals surface area contributed by atoms with Crippen molar-refractivity contribution in [2.24, 2.45) is 0 Å². The van der Waals surface area contributed by atoms with Crippen molar-refractivity contribution >= 4 is 17.6 Å². The first-order valence-corrected chi connectivity index (χ1v) is 8.16. The van der Waals surface area contributed by atoms with Gasteiger partial charge in [0, 0.05) is 47.9 Å². The van der Waals surface area contributed by atoms with E-state index in [0.29, 0.717) is 23.2 Å². The molecule has 0 aromatic carbocycles. The molecule has 1 aliphatic heterocycles. The molecule has 0 saturated carbocycles. The predicted molar refractivity (Wildman–Crippen MR) is 84.9 cm³/mol. The summed E-state index contributed by atoms with van der Waals surface area (Å²) < 4.78 is 14.6. The molecule has 3 nitrogen and oxygen atoms in total. The number of thioether (sulfide) groups is 1. The molecule has 0 spiro atoms. The molecule has 0 aliphatic carbocycles. The summed E-state index contributed by atoms with van der Waals surface area (Å²) in [5.41, 5.74) is 0.669. The van der Waals surface area contributed by atoms with Gasteiger partial charge in [-0.3, -0.25) is 0 Å². The molecule has 1 fully saturated rings. The Kier molecular flexibility index (Phi) is 4.91. The summed E-state index contributed by atoms with van der Waals surface area (Å²) >= 11 is 1.94. The third-order valence-electron chi connectivity index (χ3n) is 3.30. The standard InChI is InChI=1S/C15H24FN3S/c1-11-10-19(7-8-20-11)14-13(16)12(5-6-17-14)9-18-15(2,3)4/h5-6,11,18H,7-10H2,1-4H3. The van der Waals surface area contributed by atoms with Crippen LogP contribution in [0.3, 0.4) is 0 Å². The van der Waals surface area contributed by atoms with Gasteiger partial charge >= 0.3 is 0 Å². The van der Waals surface area contributed by atoms with Gasteiger partial charge in [0.2, 0.25) is 0 Å². The Balaban J connectivity index is 2.14. The van der Waals surface area contributed by atoms with Crippen LogP contribution >= 0.6 is 11.8 Å². The maximum atomic E-state index is 14.6. The van der Waals surface area contributed by atoms with Crippen molar-refractivity contribution in [1.29, 1.82) is 0 Å². The molecule has 112 valence electrons. The number of nitrogens with one attached hydrogen (secondary N) is 1. The minimum Gasteiger partial charge on any atom is -0.352 e. The van der Waals surface area contributed by atoms with Gasteiger partial charge in [-0.1, -0.05) is 6.92 Å². The molecule has 5 heteroatoms. The van der Waals surface area contributed by atoms with E-state index in [1.54, 1.807) is 12.3 Å². The second-order valence-electron chi connectivity index (χ2n) is 6.34. The number of halogens is 1.